The van der Waals surface area contributed by atoms with Crippen LogP contribution in [0.2, 0.25) is 0 Å². The third kappa shape index (κ3) is 3.59. The highest BCUT2D eigenvalue weighted by molar-refractivity contribution is 6.04. The molecule has 1 aromatic rings. The van der Waals surface area contributed by atoms with Crippen LogP contribution in [0.15, 0.2) is 6.20 Å². The number of nitrogens with zero attached hydrogens (tertiary/aromatic N) is 4. The van der Waals surface area contributed by atoms with Crippen molar-refractivity contribution in [2.24, 2.45) is 0 Å². The molecular formula is C14H23N5O2. The highest BCUT2D eigenvalue weighted by atomic mass is 16.2. The van der Waals surface area contributed by atoms with Crippen molar-refractivity contribution in [1.29, 1.82) is 0 Å². The van der Waals surface area contributed by atoms with Gasteiger partial charge in [0.25, 0.3) is 5.91 Å². The van der Waals surface area contributed by atoms with Crippen molar-refractivity contribution in [2.45, 2.75) is 58.5 Å². The monoisotopic (exact) mass is 293 g/mol. The van der Waals surface area contributed by atoms with Gasteiger partial charge in [-0.1, -0.05) is 25.0 Å². The van der Waals surface area contributed by atoms with Crippen LogP contribution in [0.4, 0.5) is 4.79 Å². The van der Waals surface area contributed by atoms with Gasteiger partial charge in [-0.15, -0.1) is 5.10 Å². The van der Waals surface area contributed by atoms with Gasteiger partial charge >= 0.3 is 6.03 Å². The van der Waals surface area contributed by atoms with Crippen molar-refractivity contribution in [1.82, 2.24) is 25.2 Å². The first-order valence-corrected chi connectivity index (χ1v) is 7.55. The second-order valence-electron chi connectivity index (χ2n) is 5.69. The molecule has 2 heterocycles. The maximum Gasteiger partial charge on any atom is 0.324 e. The van der Waals surface area contributed by atoms with Crippen molar-refractivity contribution in [3.8, 4) is 0 Å². The molecule has 1 saturated heterocycles. The van der Waals surface area contributed by atoms with E-state index in [1.807, 2.05) is 20.0 Å². The zero-order valence-electron chi connectivity index (χ0n) is 12.9. The zero-order valence-corrected chi connectivity index (χ0v) is 12.9. The van der Waals surface area contributed by atoms with Crippen molar-refractivity contribution >= 4 is 11.9 Å². The summed E-state index contributed by atoms with van der Waals surface area (Å²) in [5.74, 6) is -0.157. The molecule has 1 aromatic heterocycles. The van der Waals surface area contributed by atoms with Crippen molar-refractivity contribution in [2.75, 3.05) is 6.54 Å². The van der Waals surface area contributed by atoms with E-state index in [4.69, 9.17) is 0 Å². The summed E-state index contributed by atoms with van der Waals surface area (Å²) < 4.78 is 1.75. The maximum atomic E-state index is 12.2. The number of nitrogens with one attached hydrogen (secondary N) is 1. The molecule has 7 heteroatoms. The molecule has 0 bridgehead atoms. The molecule has 0 aliphatic carbocycles. The minimum atomic E-state index is -0.517. The van der Waals surface area contributed by atoms with Gasteiger partial charge in [-0.25, -0.2) is 9.48 Å². The summed E-state index contributed by atoms with van der Waals surface area (Å²) in [5.41, 5.74) is 0.720. The van der Waals surface area contributed by atoms with E-state index in [9.17, 15) is 9.59 Å². The number of urea groups is 1. The van der Waals surface area contributed by atoms with E-state index in [1.54, 1.807) is 4.68 Å². The Kier molecular flexibility index (Phi) is 4.93. The molecular weight excluding hydrogens is 270 g/mol. The van der Waals surface area contributed by atoms with Crippen LogP contribution in [0.1, 0.15) is 51.8 Å². The topological polar surface area (TPSA) is 80.1 Å². The van der Waals surface area contributed by atoms with Gasteiger partial charge in [0, 0.05) is 25.2 Å². The largest absolute Gasteiger partial charge is 0.325 e. The molecule has 21 heavy (non-hydrogen) atoms. The van der Waals surface area contributed by atoms with E-state index in [0.717, 1.165) is 25.0 Å². The lowest BCUT2D eigenvalue weighted by Crippen LogP contribution is -2.33. The summed E-state index contributed by atoms with van der Waals surface area (Å²) in [6.45, 7) is 6.60. The lowest BCUT2D eigenvalue weighted by molar-refractivity contribution is -0.127. The van der Waals surface area contributed by atoms with Crippen LogP contribution < -0.4 is 5.32 Å². The molecule has 1 aliphatic heterocycles. The number of hydrogen-bond donors (Lipinski definition) is 1. The normalized spacial score (nSPS) is 18.7. The Morgan fingerprint density at radius 1 is 1.33 bits per heavy atom. The van der Waals surface area contributed by atoms with Gasteiger partial charge in [0.05, 0.1) is 5.69 Å². The second-order valence-corrected chi connectivity index (χ2v) is 5.69. The van der Waals surface area contributed by atoms with Gasteiger partial charge in [-0.3, -0.25) is 9.69 Å². The lowest BCUT2D eigenvalue weighted by Gasteiger charge is -2.12. The van der Waals surface area contributed by atoms with Crippen LogP contribution in [-0.2, 0) is 11.2 Å². The number of amides is 3. The fourth-order valence-electron chi connectivity index (χ4n) is 2.32. The molecule has 3 amide bonds. The minimum Gasteiger partial charge on any atom is -0.325 e. The smallest absolute Gasteiger partial charge is 0.324 e. The molecule has 7 nitrogen and oxygen atoms in total. The Hall–Kier alpha value is -1.92. The van der Waals surface area contributed by atoms with Crippen LogP contribution in [0.25, 0.3) is 0 Å². The second kappa shape index (κ2) is 6.69. The van der Waals surface area contributed by atoms with E-state index in [1.165, 1.54) is 4.90 Å². The first-order chi connectivity index (χ1) is 10.0. The first kappa shape index (κ1) is 15.5. The Balaban J connectivity index is 1.95. The number of carbonyl (C=O) groups is 2. The number of carbonyl (C=O) groups excluding carboxylic acids is 2. The van der Waals surface area contributed by atoms with E-state index < -0.39 is 6.04 Å². The van der Waals surface area contributed by atoms with Gasteiger partial charge in [-0.05, 0) is 20.3 Å². The summed E-state index contributed by atoms with van der Waals surface area (Å²) >= 11 is 0. The van der Waals surface area contributed by atoms with Crippen molar-refractivity contribution < 1.29 is 9.59 Å². The standard InChI is InChI=1S/C14H23N5O2/c1-4-5-6-7-18-13(20)12(15-14(18)21)8-11-9-19(10(2)3)17-16-11/h9-10,12H,4-8H2,1-3H3,(H,15,21)/t12-/m1/s1. The molecule has 1 fully saturated rings. The van der Waals surface area contributed by atoms with Gasteiger partial charge < -0.3 is 5.32 Å². The molecule has 0 unspecified atom stereocenters. The van der Waals surface area contributed by atoms with E-state index in [0.29, 0.717) is 13.0 Å². The molecule has 0 spiro atoms. The fourth-order valence-corrected chi connectivity index (χ4v) is 2.32. The van der Waals surface area contributed by atoms with Gasteiger partial charge in [0.15, 0.2) is 0 Å². The van der Waals surface area contributed by atoms with Crippen LogP contribution in [0.3, 0.4) is 0 Å². The van der Waals surface area contributed by atoms with Gasteiger partial charge in [0.2, 0.25) is 0 Å². The highest BCUT2D eigenvalue weighted by Gasteiger charge is 2.37. The summed E-state index contributed by atoms with van der Waals surface area (Å²) in [6, 6.07) is -0.584. The van der Waals surface area contributed by atoms with Crippen LogP contribution in [-0.4, -0.2) is 44.4 Å². The van der Waals surface area contributed by atoms with Crippen molar-refractivity contribution in [3.63, 3.8) is 0 Å². The van der Waals surface area contributed by atoms with Gasteiger partial charge in [-0.2, -0.15) is 0 Å². The first-order valence-electron chi connectivity index (χ1n) is 7.55. The quantitative estimate of drug-likeness (QED) is 0.610. The number of unbranched alkanes of at least 4 members (excludes halogenated alkanes) is 2. The Bertz CT molecular complexity index is 511. The Morgan fingerprint density at radius 2 is 2.10 bits per heavy atom. The molecule has 1 N–H and O–H groups in total. The Labute approximate surface area is 124 Å². The van der Waals surface area contributed by atoms with Crippen LogP contribution in [0, 0.1) is 0 Å². The molecule has 1 aliphatic rings. The maximum absolute atomic E-state index is 12.2. The summed E-state index contributed by atoms with van der Waals surface area (Å²) in [6.07, 6.45) is 5.15. The third-order valence-electron chi connectivity index (χ3n) is 3.59. The summed E-state index contributed by atoms with van der Waals surface area (Å²) in [5, 5.41) is 10.8. The average molecular weight is 293 g/mol. The fraction of sp³-hybridized carbons (Fsp3) is 0.714. The average Bonchev–Trinajstić information content (AvgIpc) is 2.99. The predicted molar refractivity (Wildman–Crippen MR) is 77.7 cm³/mol. The van der Waals surface area contributed by atoms with Crippen LogP contribution >= 0.6 is 0 Å². The van der Waals surface area contributed by atoms with E-state index >= 15 is 0 Å². The number of hydrogen-bond acceptors (Lipinski definition) is 4. The molecule has 0 saturated carbocycles. The molecule has 2 rings (SSSR count). The molecule has 1 atom stereocenters. The Morgan fingerprint density at radius 3 is 2.71 bits per heavy atom. The predicted octanol–water partition coefficient (Wildman–Crippen LogP) is 1.51. The zero-order chi connectivity index (χ0) is 15.4. The minimum absolute atomic E-state index is 0.157. The number of aromatic nitrogens is 3. The highest BCUT2D eigenvalue weighted by Crippen LogP contribution is 2.13. The lowest BCUT2D eigenvalue weighted by atomic mass is 10.1. The molecule has 116 valence electrons. The third-order valence-corrected chi connectivity index (χ3v) is 3.59. The van der Waals surface area contributed by atoms with Gasteiger partial charge in [0.1, 0.15) is 6.04 Å². The number of imide groups is 1. The molecule has 0 aromatic carbocycles. The summed E-state index contributed by atoms with van der Waals surface area (Å²) in [4.78, 5) is 25.4. The van der Waals surface area contributed by atoms with E-state index in [-0.39, 0.29) is 18.0 Å². The SMILES string of the molecule is CCCCCN1C(=O)N[C@H](Cc2cn(C(C)C)nn2)C1=O. The summed E-state index contributed by atoms with van der Waals surface area (Å²) in [7, 11) is 0. The van der Waals surface area contributed by atoms with Crippen molar-refractivity contribution in [3.05, 3.63) is 11.9 Å². The van der Waals surface area contributed by atoms with Crippen LogP contribution in [0.5, 0.6) is 0 Å². The van der Waals surface area contributed by atoms with E-state index in [2.05, 4.69) is 22.6 Å². The molecule has 0 radical (unpaired) electrons. The number of rotatable bonds is 7.